The number of aryl methyl sites for hydroxylation is 1. The van der Waals surface area contributed by atoms with Crippen LogP contribution in [0.5, 0.6) is 0 Å². The molecule has 1 rings (SSSR count). The van der Waals surface area contributed by atoms with Crippen LogP contribution in [0.25, 0.3) is 4.91 Å². The number of carbonyl (C=O) groups is 1. The molecule has 25 heavy (non-hydrogen) atoms. The SMILES string of the molecule is CN/C=C(\SOC)c1ccc(CCCCNC(=O)OC(C)(C)C)cc1. The molecule has 2 N–H and O–H groups in total. The van der Waals surface area contributed by atoms with Crippen molar-refractivity contribution in [2.75, 3.05) is 20.7 Å². The van der Waals surface area contributed by atoms with Gasteiger partial charge in [-0.3, -0.25) is 0 Å². The lowest BCUT2D eigenvalue weighted by molar-refractivity contribution is 0.0527. The number of benzene rings is 1. The van der Waals surface area contributed by atoms with E-state index in [0.717, 1.165) is 29.7 Å². The molecule has 0 saturated carbocycles. The molecule has 140 valence electrons. The molecule has 5 nitrogen and oxygen atoms in total. The first-order chi connectivity index (χ1) is 11.9. The lowest BCUT2D eigenvalue weighted by Gasteiger charge is -2.19. The molecule has 1 aromatic rings. The summed E-state index contributed by atoms with van der Waals surface area (Å²) in [5.41, 5.74) is 1.96. The molecule has 0 fully saturated rings. The van der Waals surface area contributed by atoms with Crippen LogP contribution in [0, 0.1) is 0 Å². The van der Waals surface area contributed by atoms with E-state index in [0.29, 0.717) is 6.54 Å². The number of rotatable bonds is 9. The van der Waals surface area contributed by atoms with Crippen LogP contribution < -0.4 is 10.6 Å². The monoisotopic (exact) mass is 366 g/mol. The summed E-state index contributed by atoms with van der Waals surface area (Å²) in [6, 6.07) is 8.47. The van der Waals surface area contributed by atoms with E-state index >= 15 is 0 Å². The molecule has 6 heteroatoms. The molecular weight excluding hydrogens is 336 g/mol. The first-order valence-electron chi connectivity index (χ1n) is 8.50. The summed E-state index contributed by atoms with van der Waals surface area (Å²) < 4.78 is 10.4. The van der Waals surface area contributed by atoms with Gasteiger partial charge in [-0.25, -0.2) is 4.79 Å². The van der Waals surface area contributed by atoms with Gasteiger partial charge >= 0.3 is 6.09 Å². The standard InChI is InChI=1S/C19H30N2O3S/c1-19(2,3)24-18(22)21-13-7-6-8-15-9-11-16(12-10-15)17(14-20-4)25-23-5/h9-12,14,20H,6-8,13H2,1-5H3,(H,21,22)/b17-14-. The van der Waals surface area contributed by atoms with Gasteiger partial charge in [0.15, 0.2) is 0 Å². The van der Waals surface area contributed by atoms with Crippen molar-refractivity contribution < 1.29 is 13.7 Å². The smallest absolute Gasteiger partial charge is 0.407 e. The first kappa shape index (κ1) is 21.4. The molecule has 0 spiro atoms. The number of ether oxygens (including phenoxy) is 1. The van der Waals surface area contributed by atoms with E-state index in [1.807, 2.05) is 34.0 Å². The fraction of sp³-hybridized carbons (Fsp3) is 0.526. The number of carbonyl (C=O) groups excluding carboxylic acids is 1. The van der Waals surface area contributed by atoms with E-state index in [1.165, 1.54) is 17.6 Å². The third kappa shape index (κ3) is 9.41. The van der Waals surface area contributed by atoms with E-state index < -0.39 is 5.60 Å². The van der Waals surface area contributed by atoms with Crippen LogP contribution in [-0.2, 0) is 15.3 Å². The summed E-state index contributed by atoms with van der Waals surface area (Å²) >= 11 is 1.34. The van der Waals surface area contributed by atoms with Crippen LogP contribution in [0.3, 0.4) is 0 Å². The second-order valence-electron chi connectivity index (χ2n) is 6.63. The maximum absolute atomic E-state index is 11.5. The average Bonchev–Trinajstić information content (AvgIpc) is 2.53. The normalized spacial score (nSPS) is 12.0. The van der Waals surface area contributed by atoms with Gasteiger partial charge in [-0.2, -0.15) is 0 Å². The fourth-order valence-electron chi connectivity index (χ4n) is 2.17. The number of hydrogen-bond acceptors (Lipinski definition) is 5. The van der Waals surface area contributed by atoms with Crippen molar-refractivity contribution in [2.24, 2.45) is 0 Å². The van der Waals surface area contributed by atoms with Gasteiger partial charge in [0.2, 0.25) is 0 Å². The Morgan fingerprint density at radius 2 is 1.88 bits per heavy atom. The predicted molar refractivity (Wildman–Crippen MR) is 105 cm³/mol. The summed E-state index contributed by atoms with van der Waals surface area (Å²) in [5, 5.41) is 5.81. The first-order valence-corrected chi connectivity index (χ1v) is 9.24. The highest BCUT2D eigenvalue weighted by atomic mass is 32.2. The second-order valence-corrected chi connectivity index (χ2v) is 7.57. The van der Waals surface area contributed by atoms with E-state index in [9.17, 15) is 4.79 Å². The van der Waals surface area contributed by atoms with Crippen LogP contribution in [0.1, 0.15) is 44.7 Å². The average molecular weight is 367 g/mol. The minimum atomic E-state index is -0.451. The van der Waals surface area contributed by atoms with Gasteiger partial charge < -0.3 is 19.6 Å². The third-order valence-electron chi connectivity index (χ3n) is 3.25. The molecule has 0 radical (unpaired) electrons. The molecule has 0 atom stereocenters. The minimum Gasteiger partial charge on any atom is -0.444 e. The molecule has 0 heterocycles. The highest BCUT2D eigenvalue weighted by Crippen LogP contribution is 2.27. The van der Waals surface area contributed by atoms with Gasteiger partial charge in [-0.15, -0.1) is 0 Å². The minimum absolute atomic E-state index is 0.351. The van der Waals surface area contributed by atoms with Gasteiger partial charge in [0.25, 0.3) is 0 Å². The maximum atomic E-state index is 11.5. The van der Waals surface area contributed by atoms with Crippen molar-refractivity contribution in [3.63, 3.8) is 0 Å². The quantitative estimate of drug-likeness (QED) is 0.503. The van der Waals surface area contributed by atoms with Gasteiger partial charge in [-0.1, -0.05) is 24.3 Å². The second kappa shape index (κ2) is 11.1. The number of alkyl carbamates (subject to hydrolysis) is 1. The Balaban J connectivity index is 2.34. The molecule has 0 bridgehead atoms. The topological polar surface area (TPSA) is 59.6 Å². The predicted octanol–water partition coefficient (Wildman–Crippen LogP) is 4.35. The van der Waals surface area contributed by atoms with Gasteiger partial charge in [-0.05, 0) is 51.2 Å². The highest BCUT2D eigenvalue weighted by Gasteiger charge is 2.15. The summed E-state index contributed by atoms with van der Waals surface area (Å²) in [6.07, 6.45) is 4.49. The zero-order valence-corrected chi connectivity index (χ0v) is 16.7. The Kier molecular flexibility index (Phi) is 9.45. The van der Waals surface area contributed by atoms with Crippen LogP contribution in [0.15, 0.2) is 30.5 Å². The molecule has 0 aliphatic carbocycles. The number of nitrogens with one attached hydrogen (secondary N) is 2. The number of hydrogen-bond donors (Lipinski definition) is 2. The number of unbranched alkanes of at least 4 members (excludes halogenated alkanes) is 1. The highest BCUT2D eigenvalue weighted by molar-refractivity contribution is 8.04. The Morgan fingerprint density at radius 3 is 2.44 bits per heavy atom. The lowest BCUT2D eigenvalue weighted by atomic mass is 10.1. The molecule has 1 amide bonds. The van der Waals surface area contributed by atoms with Crippen molar-refractivity contribution in [3.8, 4) is 0 Å². The molecule has 0 aliphatic rings. The van der Waals surface area contributed by atoms with Crippen molar-refractivity contribution in [1.29, 1.82) is 0 Å². The van der Waals surface area contributed by atoms with Crippen LogP contribution in [0.4, 0.5) is 4.79 Å². The van der Waals surface area contributed by atoms with Crippen molar-refractivity contribution in [1.82, 2.24) is 10.6 Å². The number of amides is 1. The third-order valence-corrected chi connectivity index (χ3v) is 3.95. The van der Waals surface area contributed by atoms with Crippen LogP contribution >= 0.6 is 12.0 Å². The van der Waals surface area contributed by atoms with Gasteiger partial charge in [0.1, 0.15) is 5.60 Å². The maximum Gasteiger partial charge on any atom is 0.407 e. The molecular formula is C19H30N2O3S. The zero-order chi connectivity index (χ0) is 18.7. The van der Waals surface area contributed by atoms with Crippen LogP contribution in [0.2, 0.25) is 0 Å². The lowest BCUT2D eigenvalue weighted by Crippen LogP contribution is -2.33. The largest absolute Gasteiger partial charge is 0.444 e. The Bertz CT molecular complexity index is 551. The molecule has 0 unspecified atom stereocenters. The zero-order valence-electron chi connectivity index (χ0n) is 15.8. The van der Waals surface area contributed by atoms with E-state index in [1.54, 1.807) is 7.11 Å². The Morgan fingerprint density at radius 1 is 1.20 bits per heavy atom. The Labute approximate surface area is 155 Å². The Hall–Kier alpha value is -1.66. The summed E-state index contributed by atoms with van der Waals surface area (Å²) in [4.78, 5) is 12.6. The fourth-order valence-corrected chi connectivity index (χ4v) is 2.75. The van der Waals surface area contributed by atoms with Crippen LogP contribution in [-0.4, -0.2) is 32.4 Å². The molecule has 0 aromatic heterocycles. The van der Waals surface area contributed by atoms with Crippen molar-refractivity contribution >= 4 is 23.0 Å². The van der Waals surface area contributed by atoms with Crippen molar-refractivity contribution in [2.45, 2.75) is 45.6 Å². The van der Waals surface area contributed by atoms with E-state index in [-0.39, 0.29) is 6.09 Å². The molecule has 0 saturated heterocycles. The molecule has 1 aromatic carbocycles. The van der Waals surface area contributed by atoms with Crippen molar-refractivity contribution in [3.05, 3.63) is 41.6 Å². The van der Waals surface area contributed by atoms with Gasteiger partial charge in [0.05, 0.1) is 12.0 Å². The van der Waals surface area contributed by atoms with E-state index in [4.69, 9.17) is 8.92 Å². The van der Waals surface area contributed by atoms with E-state index in [2.05, 4.69) is 34.9 Å². The molecule has 0 aliphatic heterocycles. The summed E-state index contributed by atoms with van der Waals surface area (Å²) in [7, 11) is 3.53. The summed E-state index contributed by atoms with van der Waals surface area (Å²) in [6.45, 7) is 6.21. The van der Waals surface area contributed by atoms with Gasteiger partial charge in [0, 0.05) is 31.8 Å². The summed E-state index contributed by atoms with van der Waals surface area (Å²) in [5.74, 6) is 0.